The first kappa shape index (κ1) is 12.3. The molecule has 0 radical (unpaired) electrons. The minimum atomic E-state index is 0.743. The molecule has 1 N–H and O–H groups in total. The van der Waals surface area contributed by atoms with Gasteiger partial charge in [-0.2, -0.15) is 0 Å². The maximum Gasteiger partial charge on any atom is 0.0838 e. The maximum atomic E-state index is 4.15. The number of hydrogen-bond acceptors (Lipinski definition) is 3. The van der Waals surface area contributed by atoms with E-state index in [1.54, 1.807) is 6.20 Å². The summed E-state index contributed by atoms with van der Waals surface area (Å²) in [6, 6.07) is 4.23. The van der Waals surface area contributed by atoms with E-state index in [1.165, 1.54) is 11.1 Å². The fourth-order valence-electron chi connectivity index (χ4n) is 1.92. The summed E-state index contributed by atoms with van der Waals surface area (Å²) in [5, 5.41) is 11.2. The number of halogens is 1. The van der Waals surface area contributed by atoms with Crippen molar-refractivity contribution in [3.63, 3.8) is 0 Å². The van der Waals surface area contributed by atoms with Crippen LogP contribution in [0.4, 0.5) is 0 Å². The molecule has 1 aromatic heterocycles. The van der Waals surface area contributed by atoms with Crippen LogP contribution in [0.3, 0.4) is 0 Å². The van der Waals surface area contributed by atoms with E-state index in [9.17, 15) is 0 Å². The third kappa shape index (κ3) is 2.40. The molecule has 0 saturated carbocycles. The van der Waals surface area contributed by atoms with Gasteiger partial charge in [0.1, 0.15) is 0 Å². The quantitative estimate of drug-likeness (QED) is 0.945. The van der Waals surface area contributed by atoms with Crippen LogP contribution in [0.5, 0.6) is 0 Å². The average molecular weight is 295 g/mol. The number of rotatable bonds is 3. The summed E-state index contributed by atoms with van der Waals surface area (Å²) in [6.45, 7) is 4.90. The predicted molar refractivity (Wildman–Crippen MR) is 71.3 cm³/mol. The lowest BCUT2D eigenvalue weighted by Gasteiger charge is -2.12. The Bertz CT molecular complexity index is 510. The lowest BCUT2D eigenvalue weighted by Crippen LogP contribution is -2.12. The van der Waals surface area contributed by atoms with Crippen molar-refractivity contribution >= 4 is 15.9 Å². The second-order valence-electron chi connectivity index (χ2n) is 4.08. The standard InChI is InChI=1S/C12H15BrN4/c1-8-4-9(2)12(11(13)5-8)17-10(6-14-3)7-15-16-17/h4-5,7,14H,6H2,1-3H3. The van der Waals surface area contributed by atoms with Crippen LogP contribution < -0.4 is 5.32 Å². The van der Waals surface area contributed by atoms with Gasteiger partial charge in [0.2, 0.25) is 0 Å². The Morgan fingerprint density at radius 2 is 2.12 bits per heavy atom. The lowest BCUT2D eigenvalue weighted by atomic mass is 10.1. The number of benzene rings is 1. The number of aromatic nitrogens is 3. The fraction of sp³-hybridized carbons (Fsp3) is 0.333. The first-order valence-electron chi connectivity index (χ1n) is 5.44. The molecule has 0 aliphatic rings. The van der Waals surface area contributed by atoms with Gasteiger partial charge in [0.15, 0.2) is 0 Å². The molecular formula is C12H15BrN4. The van der Waals surface area contributed by atoms with Gasteiger partial charge in [0.05, 0.1) is 17.6 Å². The van der Waals surface area contributed by atoms with Crippen molar-refractivity contribution in [2.24, 2.45) is 0 Å². The van der Waals surface area contributed by atoms with Crippen molar-refractivity contribution in [1.82, 2.24) is 20.3 Å². The van der Waals surface area contributed by atoms with Crippen molar-refractivity contribution in [1.29, 1.82) is 0 Å². The van der Waals surface area contributed by atoms with Crippen LogP contribution in [-0.2, 0) is 6.54 Å². The molecule has 2 rings (SSSR count). The molecule has 1 aromatic carbocycles. The third-order valence-electron chi connectivity index (χ3n) is 2.59. The zero-order valence-corrected chi connectivity index (χ0v) is 11.7. The molecule has 0 aliphatic heterocycles. The molecule has 5 heteroatoms. The number of nitrogens with zero attached hydrogens (tertiary/aromatic N) is 3. The second kappa shape index (κ2) is 4.98. The van der Waals surface area contributed by atoms with Gasteiger partial charge in [-0.15, -0.1) is 5.10 Å². The Morgan fingerprint density at radius 1 is 1.35 bits per heavy atom. The maximum absolute atomic E-state index is 4.15. The van der Waals surface area contributed by atoms with E-state index < -0.39 is 0 Å². The van der Waals surface area contributed by atoms with E-state index in [0.717, 1.165) is 22.4 Å². The topological polar surface area (TPSA) is 42.7 Å². The van der Waals surface area contributed by atoms with Crippen LogP contribution in [0, 0.1) is 13.8 Å². The van der Waals surface area contributed by atoms with E-state index in [4.69, 9.17) is 0 Å². The SMILES string of the molecule is CNCc1cnnn1-c1c(C)cc(C)cc1Br. The predicted octanol–water partition coefficient (Wildman–Crippen LogP) is 2.37. The molecular weight excluding hydrogens is 280 g/mol. The first-order valence-corrected chi connectivity index (χ1v) is 6.24. The van der Waals surface area contributed by atoms with Crippen LogP contribution in [-0.4, -0.2) is 22.0 Å². The van der Waals surface area contributed by atoms with Crippen molar-refractivity contribution in [2.75, 3.05) is 7.05 Å². The lowest BCUT2D eigenvalue weighted by molar-refractivity contribution is 0.710. The summed E-state index contributed by atoms with van der Waals surface area (Å²) < 4.78 is 2.91. The van der Waals surface area contributed by atoms with Gasteiger partial charge < -0.3 is 5.32 Å². The number of hydrogen-bond donors (Lipinski definition) is 1. The molecule has 0 amide bonds. The highest BCUT2D eigenvalue weighted by Gasteiger charge is 2.12. The molecule has 0 fully saturated rings. The Hall–Kier alpha value is -1.20. The molecule has 1 heterocycles. The van der Waals surface area contributed by atoms with E-state index in [2.05, 4.69) is 57.5 Å². The van der Waals surface area contributed by atoms with E-state index in [1.807, 2.05) is 11.7 Å². The molecule has 0 bridgehead atoms. The van der Waals surface area contributed by atoms with Gasteiger partial charge in [-0.05, 0) is 54.0 Å². The van der Waals surface area contributed by atoms with Crippen molar-refractivity contribution in [3.05, 3.63) is 39.6 Å². The normalized spacial score (nSPS) is 10.8. The molecule has 0 spiro atoms. The fourth-order valence-corrected chi connectivity index (χ4v) is 2.76. The smallest absolute Gasteiger partial charge is 0.0838 e. The van der Waals surface area contributed by atoms with Crippen LogP contribution in [0.25, 0.3) is 5.69 Å². The molecule has 0 unspecified atom stereocenters. The Kier molecular flexibility index (Phi) is 3.59. The van der Waals surface area contributed by atoms with Crippen LogP contribution in [0.2, 0.25) is 0 Å². The van der Waals surface area contributed by atoms with E-state index >= 15 is 0 Å². The third-order valence-corrected chi connectivity index (χ3v) is 3.19. The summed E-state index contributed by atoms with van der Waals surface area (Å²) in [7, 11) is 1.91. The van der Waals surface area contributed by atoms with Crippen molar-refractivity contribution in [2.45, 2.75) is 20.4 Å². The van der Waals surface area contributed by atoms with Gasteiger partial charge in [0, 0.05) is 11.0 Å². The molecule has 0 atom stereocenters. The Labute approximate surface area is 109 Å². The largest absolute Gasteiger partial charge is 0.314 e. The highest BCUT2D eigenvalue weighted by molar-refractivity contribution is 9.10. The highest BCUT2D eigenvalue weighted by Crippen LogP contribution is 2.26. The van der Waals surface area contributed by atoms with Gasteiger partial charge in [-0.25, -0.2) is 4.68 Å². The minimum absolute atomic E-state index is 0.743. The first-order chi connectivity index (χ1) is 8.13. The Morgan fingerprint density at radius 3 is 2.76 bits per heavy atom. The molecule has 2 aromatic rings. The zero-order chi connectivity index (χ0) is 12.4. The molecule has 0 aliphatic carbocycles. The summed E-state index contributed by atoms with van der Waals surface area (Å²) in [5.74, 6) is 0. The minimum Gasteiger partial charge on any atom is -0.314 e. The summed E-state index contributed by atoms with van der Waals surface area (Å²) in [5.41, 5.74) is 4.51. The summed E-state index contributed by atoms with van der Waals surface area (Å²) in [6.07, 6.45) is 1.78. The van der Waals surface area contributed by atoms with Gasteiger partial charge in [-0.1, -0.05) is 11.3 Å². The van der Waals surface area contributed by atoms with Gasteiger partial charge >= 0.3 is 0 Å². The molecule has 4 nitrogen and oxygen atoms in total. The van der Waals surface area contributed by atoms with Crippen LogP contribution >= 0.6 is 15.9 Å². The highest BCUT2D eigenvalue weighted by atomic mass is 79.9. The Balaban J connectivity index is 2.56. The van der Waals surface area contributed by atoms with Crippen molar-refractivity contribution < 1.29 is 0 Å². The van der Waals surface area contributed by atoms with Crippen molar-refractivity contribution in [3.8, 4) is 5.69 Å². The molecule has 0 saturated heterocycles. The summed E-state index contributed by atoms with van der Waals surface area (Å²) >= 11 is 3.60. The van der Waals surface area contributed by atoms with E-state index in [-0.39, 0.29) is 0 Å². The zero-order valence-electron chi connectivity index (χ0n) is 10.2. The number of aryl methyl sites for hydroxylation is 2. The summed E-state index contributed by atoms with van der Waals surface area (Å²) in [4.78, 5) is 0. The van der Waals surface area contributed by atoms with E-state index in [0.29, 0.717) is 0 Å². The molecule has 17 heavy (non-hydrogen) atoms. The molecule has 90 valence electrons. The second-order valence-corrected chi connectivity index (χ2v) is 4.93. The number of nitrogens with one attached hydrogen (secondary N) is 1. The van der Waals surface area contributed by atoms with Crippen LogP contribution in [0.1, 0.15) is 16.8 Å². The van der Waals surface area contributed by atoms with Crippen LogP contribution in [0.15, 0.2) is 22.8 Å². The van der Waals surface area contributed by atoms with Gasteiger partial charge in [0.25, 0.3) is 0 Å². The van der Waals surface area contributed by atoms with Gasteiger partial charge in [-0.3, -0.25) is 0 Å². The average Bonchev–Trinajstić information content (AvgIpc) is 2.65. The monoisotopic (exact) mass is 294 g/mol.